The molecule has 0 radical (unpaired) electrons. The quantitative estimate of drug-likeness (QED) is 0.605. The van der Waals surface area contributed by atoms with Crippen LogP contribution in [0.3, 0.4) is 0 Å². The maximum atomic E-state index is 11.7. The zero-order valence-corrected chi connectivity index (χ0v) is 7.81. The van der Waals surface area contributed by atoms with Gasteiger partial charge in [0.05, 0.1) is 11.9 Å². The molecule has 0 saturated carbocycles. The van der Waals surface area contributed by atoms with Gasteiger partial charge in [0, 0.05) is 6.54 Å². The molecule has 2 saturated heterocycles. The second-order valence-corrected chi connectivity index (χ2v) is 4.45. The molecule has 3 nitrogen and oxygen atoms in total. The topological polar surface area (TPSA) is 29.5 Å². The highest BCUT2D eigenvalue weighted by molar-refractivity contribution is 8.00. The van der Waals surface area contributed by atoms with Crippen molar-refractivity contribution < 1.29 is 9.53 Å². The predicted molar refractivity (Wildman–Crippen MR) is 48.0 cm³/mol. The second kappa shape index (κ2) is 3.66. The lowest BCUT2D eigenvalue weighted by molar-refractivity contribution is -0.131. The van der Waals surface area contributed by atoms with Gasteiger partial charge < -0.3 is 9.64 Å². The first-order chi connectivity index (χ1) is 5.88. The summed E-state index contributed by atoms with van der Waals surface area (Å²) in [5.74, 6) is 1.43. The molecule has 2 rings (SSSR count). The van der Waals surface area contributed by atoms with Crippen molar-refractivity contribution in [1.82, 2.24) is 4.90 Å². The molecule has 12 heavy (non-hydrogen) atoms. The van der Waals surface area contributed by atoms with Crippen LogP contribution in [0.1, 0.15) is 12.8 Å². The van der Waals surface area contributed by atoms with Gasteiger partial charge in [-0.15, -0.1) is 11.8 Å². The van der Waals surface area contributed by atoms with Crippen molar-refractivity contribution in [1.29, 1.82) is 0 Å². The summed E-state index contributed by atoms with van der Waals surface area (Å²) in [6.07, 6.45) is 2.25. The van der Waals surface area contributed by atoms with Gasteiger partial charge in [-0.2, -0.15) is 0 Å². The van der Waals surface area contributed by atoms with Crippen LogP contribution < -0.4 is 0 Å². The fourth-order valence-electron chi connectivity index (χ4n) is 1.56. The summed E-state index contributed by atoms with van der Waals surface area (Å²) in [7, 11) is 0. The minimum Gasteiger partial charge on any atom is -0.359 e. The maximum Gasteiger partial charge on any atom is 0.237 e. The first-order valence-electron chi connectivity index (χ1n) is 4.36. The van der Waals surface area contributed by atoms with Crippen LogP contribution in [0, 0.1) is 0 Å². The minimum absolute atomic E-state index is 0.228. The lowest BCUT2D eigenvalue weighted by Crippen LogP contribution is -2.34. The van der Waals surface area contributed by atoms with E-state index in [2.05, 4.69) is 0 Å². The maximum absolute atomic E-state index is 11.7. The van der Waals surface area contributed by atoms with Gasteiger partial charge in [0.25, 0.3) is 0 Å². The van der Waals surface area contributed by atoms with Crippen molar-refractivity contribution in [3.63, 3.8) is 0 Å². The fourth-order valence-corrected chi connectivity index (χ4v) is 2.81. The molecule has 1 atom stereocenters. The molecule has 2 aliphatic rings. The van der Waals surface area contributed by atoms with Gasteiger partial charge in [0.2, 0.25) is 5.91 Å². The first-order valence-corrected chi connectivity index (χ1v) is 5.41. The number of rotatable bonds is 1. The Morgan fingerprint density at radius 1 is 1.58 bits per heavy atom. The van der Waals surface area contributed by atoms with E-state index >= 15 is 0 Å². The molecule has 0 aromatic heterocycles. The van der Waals surface area contributed by atoms with E-state index in [4.69, 9.17) is 4.74 Å². The van der Waals surface area contributed by atoms with Crippen molar-refractivity contribution >= 4 is 17.7 Å². The Hall–Kier alpha value is -0.220. The van der Waals surface area contributed by atoms with E-state index < -0.39 is 0 Å². The summed E-state index contributed by atoms with van der Waals surface area (Å²) in [5.41, 5.74) is 0. The first kappa shape index (κ1) is 8.38. The average molecular weight is 187 g/mol. The van der Waals surface area contributed by atoms with Gasteiger partial charge in [0.1, 0.15) is 6.73 Å². The molecule has 0 spiro atoms. The Kier molecular flexibility index (Phi) is 2.56. The third kappa shape index (κ3) is 1.59. The number of nitrogens with zero attached hydrogens (tertiary/aromatic N) is 1. The van der Waals surface area contributed by atoms with Gasteiger partial charge in [-0.1, -0.05) is 0 Å². The third-order valence-electron chi connectivity index (χ3n) is 2.27. The average Bonchev–Trinajstić information content (AvgIpc) is 2.77. The van der Waals surface area contributed by atoms with Crippen LogP contribution in [-0.2, 0) is 9.53 Å². The Morgan fingerprint density at radius 3 is 3.08 bits per heavy atom. The zero-order chi connectivity index (χ0) is 8.39. The summed E-state index contributed by atoms with van der Waals surface area (Å²) in [6.45, 7) is 2.01. The largest absolute Gasteiger partial charge is 0.359 e. The molecule has 2 heterocycles. The molecular weight excluding hydrogens is 174 g/mol. The minimum atomic E-state index is 0.228. The number of hydrogen-bond acceptors (Lipinski definition) is 3. The summed E-state index contributed by atoms with van der Waals surface area (Å²) < 4.78 is 5.13. The number of ether oxygens (including phenoxy) is 1. The van der Waals surface area contributed by atoms with Crippen molar-refractivity contribution in [3.05, 3.63) is 0 Å². The van der Waals surface area contributed by atoms with E-state index in [9.17, 15) is 4.79 Å². The second-order valence-electron chi connectivity index (χ2n) is 3.14. The Balaban J connectivity index is 1.89. The van der Waals surface area contributed by atoms with Crippen LogP contribution in [-0.4, -0.2) is 41.7 Å². The van der Waals surface area contributed by atoms with Gasteiger partial charge in [-0.05, 0) is 18.6 Å². The standard InChI is InChI=1S/C8H13NO2S/c10-8(7-2-1-5-12-7)9-3-4-11-6-9/h7H,1-6H2. The highest BCUT2D eigenvalue weighted by atomic mass is 32.2. The number of carbonyl (C=O) groups is 1. The van der Waals surface area contributed by atoms with Gasteiger partial charge in [-0.3, -0.25) is 4.79 Å². The number of amides is 1. The molecule has 0 bridgehead atoms. The zero-order valence-electron chi connectivity index (χ0n) is 6.99. The van der Waals surface area contributed by atoms with E-state index in [1.165, 1.54) is 6.42 Å². The Bertz CT molecular complexity index is 156. The van der Waals surface area contributed by atoms with E-state index in [0.717, 1.165) is 18.7 Å². The summed E-state index contributed by atoms with van der Waals surface area (Å²) in [4.78, 5) is 13.5. The predicted octanol–water partition coefficient (Wildman–Crippen LogP) is 0.698. The summed E-state index contributed by atoms with van der Waals surface area (Å²) >= 11 is 1.79. The molecule has 1 unspecified atom stereocenters. The van der Waals surface area contributed by atoms with Crippen LogP contribution in [0.25, 0.3) is 0 Å². The van der Waals surface area contributed by atoms with Crippen LogP contribution in [0.15, 0.2) is 0 Å². The van der Waals surface area contributed by atoms with Gasteiger partial charge in [-0.25, -0.2) is 0 Å². The molecule has 0 aromatic rings. The van der Waals surface area contributed by atoms with E-state index in [1.807, 2.05) is 4.90 Å². The molecule has 1 amide bonds. The third-order valence-corrected chi connectivity index (χ3v) is 3.63. The lowest BCUT2D eigenvalue weighted by atomic mass is 10.2. The number of carbonyl (C=O) groups excluding carboxylic acids is 1. The number of hydrogen-bond donors (Lipinski definition) is 0. The lowest BCUT2D eigenvalue weighted by Gasteiger charge is -2.17. The molecule has 0 aromatic carbocycles. The summed E-state index contributed by atoms with van der Waals surface area (Å²) in [6, 6.07) is 0. The van der Waals surface area contributed by atoms with Crippen molar-refractivity contribution in [2.45, 2.75) is 18.1 Å². The van der Waals surface area contributed by atoms with Crippen LogP contribution in [0.5, 0.6) is 0 Å². The molecule has 2 fully saturated rings. The fraction of sp³-hybridized carbons (Fsp3) is 0.875. The van der Waals surface area contributed by atoms with Crippen molar-refractivity contribution in [2.24, 2.45) is 0 Å². The molecule has 0 aliphatic carbocycles. The molecule has 68 valence electrons. The van der Waals surface area contributed by atoms with Crippen LogP contribution in [0.4, 0.5) is 0 Å². The Labute approximate surface area is 76.4 Å². The molecular formula is C8H13NO2S. The SMILES string of the molecule is O=C(C1CCCS1)N1CCOC1. The molecule has 0 N–H and O–H groups in total. The van der Waals surface area contributed by atoms with Gasteiger partial charge >= 0.3 is 0 Å². The smallest absolute Gasteiger partial charge is 0.237 e. The van der Waals surface area contributed by atoms with Crippen molar-refractivity contribution in [2.75, 3.05) is 25.6 Å². The number of thioether (sulfide) groups is 1. The van der Waals surface area contributed by atoms with Crippen molar-refractivity contribution in [3.8, 4) is 0 Å². The van der Waals surface area contributed by atoms with E-state index in [0.29, 0.717) is 13.3 Å². The Morgan fingerprint density at radius 2 is 2.50 bits per heavy atom. The van der Waals surface area contributed by atoms with Crippen LogP contribution >= 0.6 is 11.8 Å². The molecule has 2 aliphatic heterocycles. The van der Waals surface area contributed by atoms with E-state index in [1.54, 1.807) is 11.8 Å². The van der Waals surface area contributed by atoms with E-state index in [-0.39, 0.29) is 11.2 Å². The summed E-state index contributed by atoms with van der Waals surface area (Å²) in [5, 5.41) is 0.228. The highest BCUT2D eigenvalue weighted by Gasteiger charge is 2.29. The normalized spacial score (nSPS) is 29.7. The highest BCUT2D eigenvalue weighted by Crippen LogP contribution is 2.28. The van der Waals surface area contributed by atoms with Crippen LogP contribution in [0.2, 0.25) is 0 Å². The molecule has 4 heteroatoms. The van der Waals surface area contributed by atoms with Gasteiger partial charge in [0.15, 0.2) is 0 Å². The monoisotopic (exact) mass is 187 g/mol.